The van der Waals surface area contributed by atoms with E-state index in [2.05, 4.69) is 15.9 Å². The Morgan fingerprint density at radius 1 is 1.50 bits per heavy atom. The molecule has 18 heavy (non-hydrogen) atoms. The maximum atomic E-state index is 13.1. The van der Waals surface area contributed by atoms with Crippen LogP contribution in [0.25, 0.3) is 0 Å². The lowest BCUT2D eigenvalue weighted by Crippen LogP contribution is -2.32. The van der Waals surface area contributed by atoms with E-state index in [0.29, 0.717) is 0 Å². The number of primary amides is 1. The topological polar surface area (TPSA) is 95.4 Å². The summed E-state index contributed by atoms with van der Waals surface area (Å²) in [5, 5.41) is 0. The molecule has 4 N–H and O–H groups in total. The van der Waals surface area contributed by atoms with Gasteiger partial charge in [0.05, 0.1) is 11.3 Å². The Morgan fingerprint density at radius 3 is 2.61 bits per heavy atom. The van der Waals surface area contributed by atoms with Gasteiger partial charge in [-0.25, -0.2) is 9.18 Å². The van der Waals surface area contributed by atoms with Crippen molar-refractivity contribution in [2.24, 2.45) is 5.73 Å². The highest BCUT2D eigenvalue weighted by Gasteiger charge is 2.21. The van der Waals surface area contributed by atoms with Crippen molar-refractivity contribution in [1.82, 2.24) is 0 Å². The van der Waals surface area contributed by atoms with E-state index < -0.39 is 23.8 Å². The number of halogens is 2. The van der Waals surface area contributed by atoms with Crippen molar-refractivity contribution in [3.63, 3.8) is 0 Å². The summed E-state index contributed by atoms with van der Waals surface area (Å²) in [5.41, 5.74) is 10.3. The van der Waals surface area contributed by atoms with Gasteiger partial charge in [-0.3, -0.25) is 4.79 Å². The summed E-state index contributed by atoms with van der Waals surface area (Å²) in [6.07, 6.45) is -0.759. The van der Waals surface area contributed by atoms with Crippen LogP contribution in [0.1, 0.15) is 23.7 Å². The molecule has 1 amide bonds. The maximum Gasteiger partial charge on any atom is 0.340 e. The minimum Gasteiger partial charge on any atom is -0.449 e. The lowest BCUT2D eigenvalue weighted by atomic mass is 10.2. The highest BCUT2D eigenvalue weighted by atomic mass is 79.9. The van der Waals surface area contributed by atoms with Crippen LogP contribution in [0, 0.1) is 5.82 Å². The predicted molar refractivity (Wildman–Crippen MR) is 67.2 cm³/mol. The molecule has 5 nitrogen and oxygen atoms in total. The average Bonchev–Trinajstić information content (AvgIpc) is 2.29. The second-order valence-corrected chi connectivity index (χ2v) is 4.41. The molecular formula is C11H12BrFN2O3. The largest absolute Gasteiger partial charge is 0.449 e. The van der Waals surface area contributed by atoms with Crippen LogP contribution in [-0.4, -0.2) is 18.0 Å². The van der Waals surface area contributed by atoms with E-state index in [1.54, 1.807) is 6.92 Å². The normalized spacial score (nSPS) is 11.9. The highest BCUT2D eigenvalue weighted by Crippen LogP contribution is 2.24. The maximum absolute atomic E-state index is 13.1. The van der Waals surface area contributed by atoms with Crippen LogP contribution in [0.2, 0.25) is 0 Å². The molecular weight excluding hydrogens is 307 g/mol. The number of hydrogen-bond acceptors (Lipinski definition) is 4. The van der Waals surface area contributed by atoms with Gasteiger partial charge in [0.2, 0.25) is 0 Å². The Hall–Kier alpha value is -1.63. The van der Waals surface area contributed by atoms with Crippen LogP contribution >= 0.6 is 15.9 Å². The van der Waals surface area contributed by atoms with Crippen LogP contribution in [0.5, 0.6) is 0 Å². The summed E-state index contributed by atoms with van der Waals surface area (Å²) in [5.74, 6) is -2.18. The molecule has 0 aliphatic heterocycles. The Morgan fingerprint density at radius 2 is 2.11 bits per heavy atom. The number of esters is 1. The van der Waals surface area contributed by atoms with Gasteiger partial charge in [-0.1, -0.05) is 6.92 Å². The molecule has 1 unspecified atom stereocenters. The third-order valence-corrected chi connectivity index (χ3v) is 2.90. The van der Waals surface area contributed by atoms with Crippen molar-refractivity contribution >= 4 is 33.5 Å². The van der Waals surface area contributed by atoms with Crippen molar-refractivity contribution in [2.75, 3.05) is 5.73 Å². The molecule has 1 atom stereocenters. The Labute approximate surface area is 111 Å². The minimum absolute atomic E-state index is 0.0357. The molecule has 98 valence electrons. The van der Waals surface area contributed by atoms with Crippen molar-refractivity contribution < 1.29 is 18.7 Å². The van der Waals surface area contributed by atoms with Gasteiger partial charge in [-0.05, 0) is 34.5 Å². The van der Waals surface area contributed by atoms with Gasteiger partial charge in [-0.2, -0.15) is 0 Å². The summed E-state index contributed by atoms with van der Waals surface area (Å²) in [4.78, 5) is 22.7. The van der Waals surface area contributed by atoms with E-state index in [4.69, 9.17) is 16.2 Å². The first-order valence-corrected chi connectivity index (χ1v) is 5.91. The highest BCUT2D eigenvalue weighted by molar-refractivity contribution is 9.10. The second-order valence-electron chi connectivity index (χ2n) is 3.56. The van der Waals surface area contributed by atoms with E-state index in [9.17, 15) is 14.0 Å². The fraction of sp³-hybridized carbons (Fsp3) is 0.273. The van der Waals surface area contributed by atoms with Gasteiger partial charge in [0.25, 0.3) is 5.91 Å². The molecule has 7 heteroatoms. The zero-order chi connectivity index (χ0) is 13.9. The summed E-state index contributed by atoms with van der Waals surface area (Å²) < 4.78 is 18.2. The number of rotatable bonds is 4. The first kappa shape index (κ1) is 14.4. The molecule has 1 aromatic carbocycles. The third-order valence-electron chi connectivity index (χ3n) is 2.24. The number of carbonyl (C=O) groups excluding carboxylic acids is 2. The summed E-state index contributed by atoms with van der Waals surface area (Å²) >= 11 is 3.02. The zero-order valence-electron chi connectivity index (χ0n) is 9.57. The molecule has 1 rings (SSSR count). The number of amides is 1. The van der Waals surface area contributed by atoms with Gasteiger partial charge >= 0.3 is 5.97 Å². The number of carbonyl (C=O) groups is 2. The van der Waals surface area contributed by atoms with Crippen LogP contribution in [0.4, 0.5) is 10.1 Å². The number of nitrogens with two attached hydrogens (primary N) is 2. The van der Waals surface area contributed by atoms with E-state index >= 15 is 0 Å². The molecule has 0 spiro atoms. The van der Waals surface area contributed by atoms with Gasteiger partial charge < -0.3 is 16.2 Å². The molecule has 0 radical (unpaired) electrons. The van der Waals surface area contributed by atoms with E-state index in [-0.39, 0.29) is 22.1 Å². The molecule has 0 bridgehead atoms. The van der Waals surface area contributed by atoms with Crippen molar-refractivity contribution in [2.45, 2.75) is 19.4 Å². The van der Waals surface area contributed by atoms with E-state index in [1.165, 1.54) is 0 Å². The number of anilines is 1. The summed E-state index contributed by atoms with van der Waals surface area (Å²) in [7, 11) is 0. The molecule has 0 aliphatic rings. The Bertz CT molecular complexity index is 493. The van der Waals surface area contributed by atoms with Gasteiger partial charge in [0, 0.05) is 4.47 Å². The number of ether oxygens (including phenoxy) is 1. The third kappa shape index (κ3) is 3.19. The number of nitrogen functional groups attached to an aromatic ring is 1. The average molecular weight is 319 g/mol. The predicted octanol–water partition coefficient (Wildman–Crippen LogP) is 1.59. The molecule has 0 aromatic heterocycles. The first-order valence-electron chi connectivity index (χ1n) is 5.11. The molecule has 1 aromatic rings. The molecule has 0 heterocycles. The SMILES string of the molecule is CCC(OC(=O)c1cc(N)c(F)cc1Br)C(N)=O. The molecule has 0 fully saturated rings. The van der Waals surface area contributed by atoms with Gasteiger partial charge in [-0.15, -0.1) is 0 Å². The Balaban J connectivity index is 2.97. The molecule has 0 aliphatic carbocycles. The first-order chi connectivity index (χ1) is 8.36. The molecule has 0 saturated heterocycles. The summed E-state index contributed by atoms with van der Waals surface area (Å²) in [6, 6.07) is 2.19. The quantitative estimate of drug-likeness (QED) is 0.651. The van der Waals surface area contributed by atoms with Crippen molar-refractivity contribution in [3.8, 4) is 0 Å². The summed E-state index contributed by atoms with van der Waals surface area (Å²) in [6.45, 7) is 1.65. The fourth-order valence-electron chi connectivity index (χ4n) is 1.26. The number of hydrogen-bond donors (Lipinski definition) is 2. The van der Waals surface area contributed by atoms with Crippen molar-refractivity contribution in [1.29, 1.82) is 0 Å². The molecule has 0 saturated carbocycles. The second kappa shape index (κ2) is 5.81. The lowest BCUT2D eigenvalue weighted by molar-refractivity contribution is -0.126. The zero-order valence-corrected chi connectivity index (χ0v) is 11.2. The monoisotopic (exact) mass is 318 g/mol. The van der Waals surface area contributed by atoms with Crippen LogP contribution in [-0.2, 0) is 9.53 Å². The standard InChI is InChI=1S/C11H12BrFN2O3/c1-2-9(10(15)16)18-11(17)5-3-8(14)7(13)4-6(5)12/h3-4,9H,2,14H2,1H3,(H2,15,16). The van der Waals surface area contributed by atoms with E-state index in [0.717, 1.165) is 12.1 Å². The smallest absolute Gasteiger partial charge is 0.340 e. The number of benzene rings is 1. The van der Waals surface area contributed by atoms with Crippen LogP contribution in [0.3, 0.4) is 0 Å². The van der Waals surface area contributed by atoms with Gasteiger partial charge in [0.15, 0.2) is 6.10 Å². The fourth-order valence-corrected chi connectivity index (χ4v) is 1.73. The van der Waals surface area contributed by atoms with Crippen LogP contribution in [0.15, 0.2) is 16.6 Å². The Kier molecular flexibility index (Phi) is 4.66. The van der Waals surface area contributed by atoms with E-state index in [1.807, 2.05) is 0 Å². The lowest BCUT2D eigenvalue weighted by Gasteiger charge is -2.13. The minimum atomic E-state index is -1.02. The van der Waals surface area contributed by atoms with Crippen LogP contribution < -0.4 is 11.5 Å². The van der Waals surface area contributed by atoms with Crippen molar-refractivity contribution in [3.05, 3.63) is 28.0 Å². The van der Waals surface area contributed by atoms with Gasteiger partial charge in [0.1, 0.15) is 5.82 Å².